The van der Waals surface area contributed by atoms with Gasteiger partial charge in [-0.2, -0.15) is 8.78 Å². The van der Waals surface area contributed by atoms with E-state index >= 15 is 0 Å². The lowest BCUT2D eigenvalue weighted by Crippen LogP contribution is -2.30. The molecule has 0 aliphatic carbocycles. The molecule has 2 N–H and O–H groups in total. The number of thioether (sulfide) groups is 1. The lowest BCUT2D eigenvalue weighted by molar-refractivity contribution is -0.123. The van der Waals surface area contributed by atoms with Gasteiger partial charge in [0.2, 0.25) is 0 Å². The van der Waals surface area contributed by atoms with Gasteiger partial charge < -0.3 is 15.0 Å². The second kappa shape index (κ2) is 7.77. The van der Waals surface area contributed by atoms with Gasteiger partial charge in [-0.1, -0.05) is 11.8 Å². The lowest BCUT2D eigenvalue weighted by Gasteiger charge is -2.13. The van der Waals surface area contributed by atoms with Crippen LogP contribution < -0.4 is 5.32 Å². The summed E-state index contributed by atoms with van der Waals surface area (Å²) in [6, 6.07) is 9.13. The van der Waals surface area contributed by atoms with Crippen molar-refractivity contribution < 1.29 is 23.1 Å². The highest BCUT2D eigenvalue weighted by atomic mass is 32.2. The van der Waals surface area contributed by atoms with Gasteiger partial charge in [-0.3, -0.25) is 4.79 Å². The summed E-state index contributed by atoms with van der Waals surface area (Å²) >= 11 is 0.420. The number of hydrogen-bond acceptors (Lipinski definition) is 4. The summed E-state index contributed by atoms with van der Waals surface area (Å²) < 4.78 is 29.5. The summed E-state index contributed by atoms with van der Waals surface area (Å²) in [6.45, 7) is 1.44. The van der Waals surface area contributed by atoms with Crippen LogP contribution in [-0.2, 0) is 9.53 Å². The Bertz CT molecular complexity index is 660. The third-order valence-corrected chi connectivity index (χ3v) is 3.54. The van der Waals surface area contributed by atoms with Gasteiger partial charge in [-0.25, -0.2) is 4.79 Å². The Balaban J connectivity index is 1.89. The largest absolute Gasteiger partial charge is 0.448 e. The highest BCUT2D eigenvalue weighted by Crippen LogP contribution is 2.26. The minimum Gasteiger partial charge on any atom is -0.448 e. The Morgan fingerprint density at radius 3 is 2.48 bits per heavy atom. The number of hydrogen-bond donors (Lipinski definition) is 2. The predicted octanol–water partition coefficient (Wildman–Crippen LogP) is 3.51. The fraction of sp³-hybridized carbons (Fsp3) is 0.200. The number of esters is 1. The Morgan fingerprint density at radius 1 is 1.22 bits per heavy atom. The second-order valence-corrected chi connectivity index (χ2v) is 5.59. The molecule has 1 aromatic carbocycles. The van der Waals surface area contributed by atoms with Crippen molar-refractivity contribution in [3.8, 4) is 0 Å². The molecule has 2 aromatic rings. The van der Waals surface area contributed by atoms with E-state index in [1.165, 1.54) is 37.3 Å². The Hall–Kier alpha value is -2.35. The zero-order valence-electron chi connectivity index (χ0n) is 12.1. The van der Waals surface area contributed by atoms with Gasteiger partial charge in [-0.05, 0) is 43.3 Å². The number of halogens is 2. The Kier molecular flexibility index (Phi) is 5.75. The Morgan fingerprint density at radius 2 is 1.91 bits per heavy atom. The summed E-state index contributed by atoms with van der Waals surface area (Å²) in [7, 11) is 0. The van der Waals surface area contributed by atoms with E-state index in [1.54, 1.807) is 12.3 Å². The molecule has 1 atom stereocenters. The zero-order chi connectivity index (χ0) is 16.8. The van der Waals surface area contributed by atoms with Crippen LogP contribution in [0.4, 0.5) is 14.5 Å². The second-order valence-electron chi connectivity index (χ2n) is 4.52. The molecule has 1 heterocycles. The smallest absolute Gasteiger partial charge is 0.355 e. The van der Waals surface area contributed by atoms with E-state index in [4.69, 9.17) is 4.74 Å². The molecule has 0 aliphatic rings. The molecule has 5 nitrogen and oxygen atoms in total. The summed E-state index contributed by atoms with van der Waals surface area (Å²) in [5, 5.41) is 2.55. The van der Waals surface area contributed by atoms with Crippen molar-refractivity contribution in [1.29, 1.82) is 0 Å². The quantitative estimate of drug-likeness (QED) is 0.623. The van der Waals surface area contributed by atoms with Crippen LogP contribution >= 0.6 is 11.8 Å². The first-order chi connectivity index (χ1) is 11.0. The van der Waals surface area contributed by atoms with Crippen LogP contribution in [-0.4, -0.2) is 28.7 Å². The molecule has 0 fully saturated rings. The maximum absolute atomic E-state index is 12.2. The molecular weight excluding hydrogens is 326 g/mol. The van der Waals surface area contributed by atoms with Crippen LogP contribution in [0.1, 0.15) is 17.4 Å². The molecule has 2 rings (SSSR count). The van der Waals surface area contributed by atoms with E-state index in [1.807, 2.05) is 0 Å². The van der Waals surface area contributed by atoms with Crippen molar-refractivity contribution in [1.82, 2.24) is 4.98 Å². The van der Waals surface area contributed by atoms with Gasteiger partial charge in [0.05, 0.1) is 0 Å². The number of aromatic nitrogens is 1. The molecule has 0 saturated heterocycles. The number of carbonyl (C=O) groups is 2. The zero-order valence-corrected chi connectivity index (χ0v) is 12.9. The first-order valence-electron chi connectivity index (χ1n) is 6.66. The summed E-state index contributed by atoms with van der Waals surface area (Å²) in [4.78, 5) is 26.7. The molecule has 0 bridgehead atoms. The van der Waals surface area contributed by atoms with E-state index < -0.39 is 23.7 Å². The monoisotopic (exact) mass is 340 g/mol. The normalized spacial score (nSPS) is 12.0. The van der Waals surface area contributed by atoms with Crippen LogP contribution in [0.2, 0.25) is 0 Å². The number of rotatable bonds is 6. The predicted molar refractivity (Wildman–Crippen MR) is 82.6 cm³/mol. The van der Waals surface area contributed by atoms with E-state index in [2.05, 4.69) is 10.3 Å². The Labute approximate surface area is 135 Å². The van der Waals surface area contributed by atoms with Gasteiger partial charge in [0.25, 0.3) is 11.7 Å². The van der Waals surface area contributed by atoms with Crippen LogP contribution in [0, 0.1) is 0 Å². The summed E-state index contributed by atoms with van der Waals surface area (Å²) in [5.41, 5.74) is 0.675. The summed E-state index contributed by atoms with van der Waals surface area (Å²) in [6.07, 6.45) is 0.571. The van der Waals surface area contributed by atoms with E-state index in [0.717, 1.165) is 0 Å². The van der Waals surface area contributed by atoms with Gasteiger partial charge in [0.15, 0.2) is 6.10 Å². The molecule has 122 valence electrons. The van der Waals surface area contributed by atoms with Gasteiger partial charge in [-0.15, -0.1) is 0 Å². The molecule has 0 radical (unpaired) electrons. The topological polar surface area (TPSA) is 71.2 Å². The molecular formula is C15H14F2N2O3S. The number of carbonyl (C=O) groups excluding carboxylic acids is 2. The van der Waals surface area contributed by atoms with Gasteiger partial charge >= 0.3 is 5.97 Å². The van der Waals surface area contributed by atoms with Crippen LogP contribution in [0.15, 0.2) is 47.5 Å². The highest BCUT2D eigenvalue weighted by molar-refractivity contribution is 7.99. The van der Waals surface area contributed by atoms with Crippen LogP contribution in [0.5, 0.6) is 0 Å². The summed E-state index contributed by atoms with van der Waals surface area (Å²) in [5.74, 6) is -3.65. The molecule has 1 aromatic heterocycles. The molecule has 0 unspecified atom stereocenters. The minimum absolute atomic E-state index is 0.248. The van der Waals surface area contributed by atoms with Crippen LogP contribution in [0.3, 0.4) is 0 Å². The van der Waals surface area contributed by atoms with E-state index in [0.29, 0.717) is 22.3 Å². The SMILES string of the molecule is C[C@H](OC(=O)c1ccc[nH]1)C(=O)Nc1ccc(SC(F)F)cc1. The molecule has 8 heteroatoms. The number of H-pyrrole nitrogens is 1. The molecule has 0 spiro atoms. The number of ether oxygens (including phenoxy) is 1. The van der Waals surface area contributed by atoms with Crippen LogP contribution in [0.25, 0.3) is 0 Å². The standard InChI is InChI=1S/C15H14F2N2O3S/c1-9(22-14(21)12-3-2-8-18-12)13(20)19-10-4-6-11(7-5-10)23-15(16)17/h2-9,15,18H,1H3,(H,19,20)/t9-/m0/s1. The molecule has 1 amide bonds. The number of alkyl halides is 2. The molecule has 0 saturated carbocycles. The fourth-order valence-electron chi connectivity index (χ4n) is 1.70. The third kappa shape index (κ3) is 5.10. The average Bonchev–Trinajstić information content (AvgIpc) is 3.03. The number of benzene rings is 1. The molecule has 0 aliphatic heterocycles. The maximum atomic E-state index is 12.2. The average molecular weight is 340 g/mol. The third-order valence-electron chi connectivity index (χ3n) is 2.82. The first-order valence-corrected chi connectivity index (χ1v) is 7.54. The van der Waals surface area contributed by atoms with Crippen molar-refractivity contribution in [2.24, 2.45) is 0 Å². The first kappa shape index (κ1) is 17.0. The van der Waals surface area contributed by atoms with Gasteiger partial charge in [0, 0.05) is 16.8 Å². The van der Waals surface area contributed by atoms with E-state index in [-0.39, 0.29) is 5.69 Å². The minimum atomic E-state index is -2.50. The van der Waals surface area contributed by atoms with Crippen molar-refractivity contribution in [2.45, 2.75) is 23.7 Å². The van der Waals surface area contributed by atoms with Crippen molar-refractivity contribution >= 4 is 29.3 Å². The number of nitrogens with one attached hydrogen (secondary N) is 2. The van der Waals surface area contributed by atoms with Crippen molar-refractivity contribution in [2.75, 3.05) is 5.32 Å². The number of anilines is 1. The molecule has 23 heavy (non-hydrogen) atoms. The highest BCUT2D eigenvalue weighted by Gasteiger charge is 2.19. The lowest BCUT2D eigenvalue weighted by atomic mass is 10.3. The van der Waals surface area contributed by atoms with Crippen molar-refractivity contribution in [3.05, 3.63) is 48.3 Å². The fourth-order valence-corrected chi connectivity index (χ4v) is 2.20. The maximum Gasteiger partial charge on any atom is 0.355 e. The number of aromatic amines is 1. The van der Waals surface area contributed by atoms with Gasteiger partial charge in [0.1, 0.15) is 5.69 Å². The van der Waals surface area contributed by atoms with E-state index in [9.17, 15) is 18.4 Å². The van der Waals surface area contributed by atoms with Crippen molar-refractivity contribution in [3.63, 3.8) is 0 Å². The number of amides is 1.